The second kappa shape index (κ2) is 4.44. The molecule has 0 aliphatic heterocycles. The molecule has 16 heavy (non-hydrogen) atoms. The minimum atomic E-state index is -0.340. The van der Waals surface area contributed by atoms with Crippen LogP contribution < -0.4 is 0 Å². The van der Waals surface area contributed by atoms with E-state index in [1.807, 2.05) is 36.4 Å². The van der Waals surface area contributed by atoms with Gasteiger partial charge in [-0.1, -0.05) is 42.8 Å². The Morgan fingerprint density at radius 3 is 2.44 bits per heavy atom. The van der Waals surface area contributed by atoms with Crippen LogP contribution in [0.4, 0.5) is 0 Å². The lowest BCUT2D eigenvalue weighted by molar-refractivity contribution is -0.112. The first-order valence-corrected chi connectivity index (χ1v) is 5.72. The van der Waals surface area contributed by atoms with Gasteiger partial charge < -0.3 is 0 Å². The van der Waals surface area contributed by atoms with Crippen LogP contribution in [0.1, 0.15) is 18.4 Å². The summed E-state index contributed by atoms with van der Waals surface area (Å²) in [5.74, 6) is -0.276. The van der Waals surface area contributed by atoms with Crippen molar-refractivity contribution in [2.24, 2.45) is 0 Å². The Morgan fingerprint density at radius 2 is 1.75 bits per heavy atom. The zero-order valence-electron chi connectivity index (χ0n) is 8.71. The largest absolute Gasteiger partial charge is 0.281 e. The first-order chi connectivity index (χ1) is 7.58. The third-order valence-electron chi connectivity index (χ3n) is 2.67. The fourth-order valence-electron chi connectivity index (χ4n) is 1.64. The number of halogens is 2. The van der Waals surface area contributed by atoms with Gasteiger partial charge in [0.15, 0.2) is 0 Å². The summed E-state index contributed by atoms with van der Waals surface area (Å²) in [6.45, 7) is 1.80. The summed E-state index contributed by atoms with van der Waals surface area (Å²) in [6.07, 6.45) is 0. The van der Waals surface area contributed by atoms with E-state index in [0.717, 1.165) is 16.3 Å². The first-order valence-electron chi connectivity index (χ1n) is 4.96. The lowest BCUT2D eigenvalue weighted by Gasteiger charge is -2.08. The van der Waals surface area contributed by atoms with Crippen molar-refractivity contribution < 1.29 is 4.79 Å². The summed E-state index contributed by atoms with van der Waals surface area (Å²) < 4.78 is 0. The van der Waals surface area contributed by atoms with E-state index in [0.29, 0.717) is 5.02 Å². The van der Waals surface area contributed by atoms with E-state index in [2.05, 4.69) is 0 Å². The van der Waals surface area contributed by atoms with Crippen LogP contribution in [0, 0.1) is 0 Å². The molecule has 0 spiro atoms. The highest BCUT2D eigenvalue weighted by Gasteiger charge is 2.12. The summed E-state index contributed by atoms with van der Waals surface area (Å²) in [5, 5.41) is 2.49. The van der Waals surface area contributed by atoms with E-state index in [1.165, 1.54) is 0 Å². The number of carbonyl (C=O) groups is 1. The number of hydrogen-bond donors (Lipinski definition) is 0. The van der Waals surface area contributed by atoms with Gasteiger partial charge in [-0.05, 0) is 40.1 Å². The first kappa shape index (κ1) is 11.4. The smallest absolute Gasteiger partial charge is 0.228 e. The van der Waals surface area contributed by atoms with Gasteiger partial charge in [0.1, 0.15) is 0 Å². The summed E-state index contributed by atoms with van der Waals surface area (Å²) in [5.41, 5.74) is 0.926. The molecule has 0 aromatic heterocycles. The average molecular weight is 253 g/mol. The van der Waals surface area contributed by atoms with Crippen LogP contribution in [-0.2, 0) is 4.79 Å². The standard InChI is InChI=1S/C13H10Cl2O/c1-8(13(15)16)9-2-3-11-7-12(14)5-4-10(11)6-9/h2-8H,1H3. The Bertz CT molecular complexity index is 549. The quantitative estimate of drug-likeness (QED) is 0.726. The van der Waals surface area contributed by atoms with Crippen molar-refractivity contribution in [3.05, 3.63) is 47.0 Å². The fourth-order valence-corrected chi connectivity index (χ4v) is 1.94. The molecule has 82 valence electrons. The Balaban J connectivity index is 2.52. The van der Waals surface area contributed by atoms with Crippen LogP contribution in [0.5, 0.6) is 0 Å². The third kappa shape index (κ3) is 2.21. The number of hydrogen-bond acceptors (Lipinski definition) is 1. The molecular formula is C13H10Cl2O. The third-order valence-corrected chi connectivity index (χ3v) is 3.23. The van der Waals surface area contributed by atoms with Gasteiger partial charge >= 0.3 is 0 Å². The summed E-state index contributed by atoms with van der Waals surface area (Å²) >= 11 is 11.4. The van der Waals surface area contributed by atoms with Gasteiger partial charge in [-0.2, -0.15) is 0 Å². The maximum absolute atomic E-state index is 11.1. The van der Waals surface area contributed by atoms with Crippen molar-refractivity contribution >= 4 is 39.2 Å². The second-order valence-electron chi connectivity index (χ2n) is 3.78. The molecule has 0 radical (unpaired) electrons. The molecule has 1 atom stereocenters. The van der Waals surface area contributed by atoms with Gasteiger partial charge in [0, 0.05) is 5.02 Å². The normalized spacial score (nSPS) is 12.7. The van der Waals surface area contributed by atoms with Gasteiger partial charge in [-0.3, -0.25) is 4.79 Å². The monoisotopic (exact) mass is 252 g/mol. The molecule has 2 aromatic rings. The van der Waals surface area contributed by atoms with Crippen molar-refractivity contribution in [2.75, 3.05) is 0 Å². The van der Waals surface area contributed by atoms with E-state index in [4.69, 9.17) is 23.2 Å². The van der Waals surface area contributed by atoms with E-state index in [-0.39, 0.29) is 11.2 Å². The molecular weight excluding hydrogens is 243 g/mol. The van der Waals surface area contributed by atoms with Crippen LogP contribution >= 0.6 is 23.2 Å². The average Bonchev–Trinajstić information content (AvgIpc) is 2.27. The molecule has 0 N–H and O–H groups in total. The minimum Gasteiger partial charge on any atom is -0.281 e. The van der Waals surface area contributed by atoms with Crippen molar-refractivity contribution in [3.63, 3.8) is 0 Å². The molecule has 0 saturated carbocycles. The van der Waals surface area contributed by atoms with E-state index in [9.17, 15) is 4.79 Å². The molecule has 3 heteroatoms. The van der Waals surface area contributed by atoms with Gasteiger partial charge in [-0.25, -0.2) is 0 Å². The predicted octanol–water partition coefficient (Wildman–Crippen LogP) is 4.36. The number of benzene rings is 2. The van der Waals surface area contributed by atoms with Gasteiger partial charge in [0.25, 0.3) is 0 Å². The molecule has 2 aromatic carbocycles. The molecule has 0 bridgehead atoms. The Kier molecular flexibility index (Phi) is 3.17. The van der Waals surface area contributed by atoms with Crippen LogP contribution in [-0.4, -0.2) is 5.24 Å². The zero-order chi connectivity index (χ0) is 11.7. The molecule has 2 rings (SSSR count). The van der Waals surface area contributed by atoms with Crippen LogP contribution in [0.2, 0.25) is 5.02 Å². The van der Waals surface area contributed by atoms with Gasteiger partial charge in [-0.15, -0.1) is 0 Å². The van der Waals surface area contributed by atoms with Crippen molar-refractivity contribution in [3.8, 4) is 0 Å². The highest BCUT2D eigenvalue weighted by molar-refractivity contribution is 6.64. The van der Waals surface area contributed by atoms with E-state index in [1.54, 1.807) is 6.92 Å². The topological polar surface area (TPSA) is 17.1 Å². The van der Waals surface area contributed by atoms with Crippen LogP contribution in [0.15, 0.2) is 36.4 Å². The van der Waals surface area contributed by atoms with Crippen molar-refractivity contribution in [2.45, 2.75) is 12.8 Å². The van der Waals surface area contributed by atoms with Crippen LogP contribution in [0.25, 0.3) is 10.8 Å². The second-order valence-corrected chi connectivity index (χ2v) is 4.59. The van der Waals surface area contributed by atoms with Gasteiger partial charge in [0.2, 0.25) is 5.24 Å². The Labute approximate surface area is 104 Å². The van der Waals surface area contributed by atoms with E-state index >= 15 is 0 Å². The lowest BCUT2D eigenvalue weighted by Crippen LogP contribution is -2.01. The molecule has 0 aliphatic carbocycles. The fraction of sp³-hybridized carbons (Fsp3) is 0.154. The summed E-state index contributed by atoms with van der Waals surface area (Å²) in [7, 11) is 0. The highest BCUT2D eigenvalue weighted by Crippen LogP contribution is 2.25. The minimum absolute atomic E-state index is 0.276. The number of carbonyl (C=O) groups excluding carboxylic acids is 1. The van der Waals surface area contributed by atoms with Crippen molar-refractivity contribution in [1.82, 2.24) is 0 Å². The molecule has 0 fully saturated rings. The summed E-state index contributed by atoms with van der Waals surface area (Å²) in [6, 6.07) is 11.5. The Hall–Kier alpha value is -1.05. The predicted molar refractivity (Wildman–Crippen MR) is 68.2 cm³/mol. The maximum atomic E-state index is 11.1. The molecule has 0 amide bonds. The molecule has 0 heterocycles. The van der Waals surface area contributed by atoms with Crippen molar-refractivity contribution in [1.29, 1.82) is 0 Å². The molecule has 1 unspecified atom stereocenters. The SMILES string of the molecule is CC(C(=O)Cl)c1ccc2cc(Cl)ccc2c1. The molecule has 1 nitrogen and oxygen atoms in total. The number of rotatable bonds is 2. The van der Waals surface area contributed by atoms with Crippen LogP contribution in [0.3, 0.4) is 0 Å². The summed E-state index contributed by atoms with van der Waals surface area (Å²) in [4.78, 5) is 11.1. The number of fused-ring (bicyclic) bond motifs is 1. The zero-order valence-corrected chi connectivity index (χ0v) is 10.2. The maximum Gasteiger partial charge on any atom is 0.228 e. The lowest BCUT2D eigenvalue weighted by atomic mass is 9.99. The Morgan fingerprint density at radius 1 is 1.12 bits per heavy atom. The highest BCUT2D eigenvalue weighted by atomic mass is 35.5. The van der Waals surface area contributed by atoms with Gasteiger partial charge in [0.05, 0.1) is 5.92 Å². The molecule has 0 saturated heterocycles. The molecule has 0 aliphatic rings. The van der Waals surface area contributed by atoms with E-state index < -0.39 is 0 Å².